The van der Waals surface area contributed by atoms with E-state index in [1.165, 1.54) is 0 Å². The van der Waals surface area contributed by atoms with Crippen molar-refractivity contribution in [2.45, 2.75) is 47.6 Å². The number of carbonyl (C=O) groups is 1. The van der Waals surface area contributed by atoms with Crippen molar-refractivity contribution in [3.63, 3.8) is 0 Å². The van der Waals surface area contributed by atoms with Crippen LogP contribution in [0.5, 0.6) is 0 Å². The molecular formula is C22H38N6O2. The summed E-state index contributed by atoms with van der Waals surface area (Å²) in [6, 6.07) is 7.48. The molecule has 0 saturated heterocycles. The van der Waals surface area contributed by atoms with Gasteiger partial charge in [-0.05, 0) is 24.9 Å². The Morgan fingerprint density at radius 1 is 1.03 bits per heavy atom. The number of ether oxygens (including phenoxy) is 1. The van der Waals surface area contributed by atoms with Crippen LogP contribution in [0.15, 0.2) is 34.5 Å². The number of nitrogens with one attached hydrogen (secondary N) is 2. The van der Waals surface area contributed by atoms with Gasteiger partial charge in [0.15, 0.2) is 5.84 Å². The van der Waals surface area contributed by atoms with Crippen LogP contribution in [0.25, 0.3) is 0 Å². The van der Waals surface area contributed by atoms with Gasteiger partial charge in [-0.25, -0.2) is 0 Å². The van der Waals surface area contributed by atoms with Crippen LogP contribution in [0.4, 0.5) is 0 Å². The Labute approximate surface area is 180 Å². The molecule has 0 aliphatic heterocycles. The summed E-state index contributed by atoms with van der Waals surface area (Å²) >= 11 is 0. The predicted octanol–water partition coefficient (Wildman–Crippen LogP) is 1.98. The summed E-state index contributed by atoms with van der Waals surface area (Å²) in [4.78, 5) is 12.4. The van der Waals surface area contributed by atoms with Crippen molar-refractivity contribution in [1.29, 1.82) is 0 Å². The van der Waals surface area contributed by atoms with Gasteiger partial charge in [-0.1, -0.05) is 52.0 Å². The minimum Gasteiger partial charge on any atom is -0.386 e. The van der Waals surface area contributed by atoms with Crippen LogP contribution in [-0.2, 0) is 16.1 Å². The average Bonchev–Trinajstić information content (AvgIpc) is 2.64. The maximum absolute atomic E-state index is 12.4. The maximum atomic E-state index is 12.4. The second-order valence-corrected chi connectivity index (χ2v) is 9.23. The van der Waals surface area contributed by atoms with Crippen LogP contribution in [0.3, 0.4) is 0 Å². The van der Waals surface area contributed by atoms with E-state index in [9.17, 15) is 4.79 Å². The van der Waals surface area contributed by atoms with E-state index < -0.39 is 0 Å². The summed E-state index contributed by atoms with van der Waals surface area (Å²) in [5.74, 6) is 0.623. The van der Waals surface area contributed by atoms with Crippen LogP contribution < -0.4 is 22.1 Å². The average molecular weight is 419 g/mol. The zero-order valence-corrected chi connectivity index (χ0v) is 19.2. The quantitative estimate of drug-likeness (QED) is 0.234. The Morgan fingerprint density at radius 3 is 2.20 bits per heavy atom. The van der Waals surface area contributed by atoms with Crippen molar-refractivity contribution in [1.82, 2.24) is 10.6 Å². The summed E-state index contributed by atoms with van der Waals surface area (Å²) in [5, 5.41) is 13.7. The lowest BCUT2D eigenvalue weighted by Gasteiger charge is -2.28. The van der Waals surface area contributed by atoms with Gasteiger partial charge in [-0.2, -0.15) is 0 Å². The van der Waals surface area contributed by atoms with Gasteiger partial charge in [0.2, 0.25) is 5.91 Å². The van der Waals surface area contributed by atoms with Gasteiger partial charge in [-0.15, -0.1) is 10.2 Å². The van der Waals surface area contributed by atoms with Crippen LogP contribution >= 0.6 is 0 Å². The van der Waals surface area contributed by atoms with E-state index in [-0.39, 0.29) is 22.6 Å². The molecule has 0 unspecified atom stereocenters. The van der Waals surface area contributed by atoms with Crippen molar-refractivity contribution in [3.8, 4) is 0 Å². The number of carbonyl (C=O) groups excluding carboxylic acids is 1. The maximum Gasteiger partial charge on any atom is 0.220 e. The Kier molecular flexibility index (Phi) is 9.95. The fraction of sp³-hybridized carbons (Fsp3) is 0.591. The van der Waals surface area contributed by atoms with E-state index in [2.05, 4.69) is 34.7 Å². The molecule has 0 saturated carbocycles. The smallest absolute Gasteiger partial charge is 0.220 e. The van der Waals surface area contributed by atoms with Gasteiger partial charge >= 0.3 is 0 Å². The monoisotopic (exact) mass is 418 g/mol. The third-order valence-corrected chi connectivity index (χ3v) is 4.33. The Hall–Kier alpha value is -2.45. The molecule has 1 rings (SSSR count). The topological polar surface area (TPSA) is 127 Å². The van der Waals surface area contributed by atoms with Gasteiger partial charge in [0, 0.05) is 30.5 Å². The van der Waals surface area contributed by atoms with Crippen LogP contribution in [0.1, 0.15) is 52.2 Å². The second kappa shape index (κ2) is 11.7. The van der Waals surface area contributed by atoms with Crippen LogP contribution in [-0.4, -0.2) is 44.4 Å². The highest BCUT2D eigenvalue weighted by molar-refractivity contribution is 5.97. The lowest BCUT2D eigenvalue weighted by atomic mass is 9.89. The van der Waals surface area contributed by atoms with Gasteiger partial charge in [0.25, 0.3) is 0 Å². The zero-order chi connectivity index (χ0) is 22.8. The number of hydrogen-bond acceptors (Lipinski definition) is 5. The number of nitrogens with zero attached hydrogens (tertiary/aromatic N) is 2. The summed E-state index contributed by atoms with van der Waals surface area (Å²) in [5.41, 5.74) is 12.9. The molecule has 8 nitrogen and oxygen atoms in total. The summed E-state index contributed by atoms with van der Waals surface area (Å²) < 4.78 is 5.89. The number of benzene rings is 1. The summed E-state index contributed by atoms with van der Waals surface area (Å²) in [6.07, 6.45) is 0.396. The number of amides is 1. The lowest BCUT2D eigenvalue weighted by Crippen LogP contribution is -2.34. The van der Waals surface area contributed by atoms with E-state index >= 15 is 0 Å². The fourth-order valence-corrected chi connectivity index (χ4v) is 2.87. The van der Waals surface area contributed by atoms with Gasteiger partial charge < -0.3 is 26.8 Å². The fourth-order valence-electron chi connectivity index (χ4n) is 2.87. The van der Waals surface area contributed by atoms with Gasteiger partial charge in [0.1, 0.15) is 5.84 Å². The standard InChI is InChI=1S/C22H38N6O2/c1-16(23)27-28-20(24)18-9-7-17(8-10-18)12-26-19(29)11-21(2,3)14-30-15-22(4,5)13-25-6/h7-10,25H,11-15H2,1-6H3,(H2,23,27)(H2,24,28)(H,26,29). The molecule has 8 heteroatoms. The normalized spacial score (nSPS) is 13.4. The molecule has 30 heavy (non-hydrogen) atoms. The summed E-state index contributed by atoms with van der Waals surface area (Å²) in [6.45, 7) is 12.5. The first kappa shape index (κ1) is 25.6. The molecule has 0 aromatic heterocycles. The highest BCUT2D eigenvalue weighted by Gasteiger charge is 2.24. The molecule has 0 aliphatic carbocycles. The van der Waals surface area contributed by atoms with E-state index in [1.807, 2.05) is 45.2 Å². The molecule has 0 aliphatic rings. The zero-order valence-electron chi connectivity index (χ0n) is 19.2. The summed E-state index contributed by atoms with van der Waals surface area (Å²) in [7, 11) is 1.93. The van der Waals surface area contributed by atoms with Crippen molar-refractivity contribution in [2.75, 3.05) is 26.8 Å². The largest absolute Gasteiger partial charge is 0.386 e. The van der Waals surface area contributed by atoms with Gasteiger partial charge in [-0.3, -0.25) is 4.79 Å². The number of amidine groups is 2. The molecule has 1 aromatic carbocycles. The Balaban J connectivity index is 2.48. The molecule has 0 atom stereocenters. The van der Waals surface area contributed by atoms with Crippen LogP contribution in [0, 0.1) is 10.8 Å². The lowest BCUT2D eigenvalue weighted by molar-refractivity contribution is -0.124. The second-order valence-electron chi connectivity index (χ2n) is 9.23. The third kappa shape index (κ3) is 10.4. The minimum absolute atomic E-state index is 0.00371. The molecule has 0 spiro atoms. The molecule has 1 amide bonds. The Bertz CT molecular complexity index is 734. The van der Waals surface area contributed by atoms with Crippen LogP contribution in [0.2, 0.25) is 0 Å². The SMILES string of the molecule is CNCC(C)(C)COCC(C)(C)CC(=O)NCc1ccc(/C(N)=N/N=C(/C)N)cc1. The first-order chi connectivity index (χ1) is 13.9. The predicted molar refractivity (Wildman–Crippen MR) is 123 cm³/mol. The molecule has 1 aromatic rings. The molecule has 6 N–H and O–H groups in total. The molecule has 168 valence electrons. The molecule has 0 bridgehead atoms. The minimum atomic E-state index is -0.240. The van der Waals surface area contributed by atoms with Gasteiger partial charge in [0.05, 0.1) is 13.2 Å². The third-order valence-electron chi connectivity index (χ3n) is 4.33. The van der Waals surface area contributed by atoms with E-state index in [1.54, 1.807) is 6.92 Å². The van der Waals surface area contributed by atoms with Crippen molar-refractivity contribution >= 4 is 17.6 Å². The highest BCUT2D eigenvalue weighted by atomic mass is 16.5. The molecule has 0 radical (unpaired) electrons. The number of rotatable bonds is 12. The number of hydrogen-bond donors (Lipinski definition) is 4. The molecular weight excluding hydrogens is 380 g/mol. The number of nitrogens with two attached hydrogens (primary N) is 2. The van der Waals surface area contributed by atoms with Crippen molar-refractivity contribution in [2.24, 2.45) is 32.5 Å². The van der Waals surface area contributed by atoms with E-state index in [4.69, 9.17) is 16.2 Å². The first-order valence-corrected chi connectivity index (χ1v) is 10.2. The molecule has 0 heterocycles. The first-order valence-electron chi connectivity index (χ1n) is 10.2. The van der Waals surface area contributed by atoms with Crippen molar-refractivity contribution < 1.29 is 9.53 Å². The van der Waals surface area contributed by atoms with E-state index in [0.717, 1.165) is 17.7 Å². The van der Waals surface area contributed by atoms with E-state index in [0.29, 0.717) is 32.0 Å². The Morgan fingerprint density at radius 2 is 1.63 bits per heavy atom. The van der Waals surface area contributed by atoms with Crippen molar-refractivity contribution in [3.05, 3.63) is 35.4 Å². The molecule has 0 fully saturated rings. The highest BCUT2D eigenvalue weighted by Crippen LogP contribution is 2.23.